The monoisotopic (exact) mass is 349 g/mol. The van der Waals surface area contributed by atoms with Crippen LogP contribution in [-0.2, 0) is 4.74 Å². The van der Waals surface area contributed by atoms with Gasteiger partial charge in [-0.1, -0.05) is 42.5 Å². The molecule has 1 heterocycles. The summed E-state index contributed by atoms with van der Waals surface area (Å²) in [6.45, 7) is 4.94. The van der Waals surface area contributed by atoms with Crippen LogP contribution in [0, 0.1) is 0 Å². The standard InChI is InChI=1S/C19H23NO3.ClH/c1-2-21-16-10-6-7-11-17(16)23-19(15-8-4-3-5-9-15)18-14-20-12-13-22-18;/h3-11,18-20H,2,12-14H2,1H3;1H/t18-,19-;/m0./s1. The van der Waals surface area contributed by atoms with Gasteiger partial charge in [-0.15, -0.1) is 12.4 Å². The summed E-state index contributed by atoms with van der Waals surface area (Å²) >= 11 is 0. The average molecular weight is 350 g/mol. The normalized spacial score (nSPS) is 18.3. The zero-order chi connectivity index (χ0) is 15.9. The van der Waals surface area contributed by atoms with Crippen molar-refractivity contribution in [2.24, 2.45) is 0 Å². The van der Waals surface area contributed by atoms with E-state index in [2.05, 4.69) is 17.4 Å². The fraction of sp³-hybridized carbons (Fsp3) is 0.368. The largest absolute Gasteiger partial charge is 0.490 e. The lowest BCUT2D eigenvalue weighted by atomic mass is 10.0. The zero-order valence-electron chi connectivity index (χ0n) is 13.8. The van der Waals surface area contributed by atoms with Crippen molar-refractivity contribution < 1.29 is 14.2 Å². The summed E-state index contributed by atoms with van der Waals surface area (Å²) in [5.74, 6) is 1.51. The lowest BCUT2D eigenvalue weighted by Crippen LogP contribution is -2.43. The van der Waals surface area contributed by atoms with E-state index in [0.29, 0.717) is 13.2 Å². The van der Waals surface area contributed by atoms with E-state index in [9.17, 15) is 0 Å². The number of rotatable bonds is 6. The second-order valence-corrected chi connectivity index (χ2v) is 5.44. The molecule has 0 bridgehead atoms. The molecule has 1 aliphatic rings. The van der Waals surface area contributed by atoms with Crippen LogP contribution in [0.3, 0.4) is 0 Å². The maximum absolute atomic E-state index is 6.33. The fourth-order valence-electron chi connectivity index (χ4n) is 2.74. The van der Waals surface area contributed by atoms with Crippen LogP contribution in [-0.4, -0.2) is 32.4 Å². The molecule has 0 amide bonds. The highest BCUT2D eigenvalue weighted by molar-refractivity contribution is 5.85. The van der Waals surface area contributed by atoms with Gasteiger partial charge in [0.05, 0.1) is 13.2 Å². The quantitative estimate of drug-likeness (QED) is 0.864. The third kappa shape index (κ3) is 4.63. The van der Waals surface area contributed by atoms with Gasteiger partial charge in [0.2, 0.25) is 0 Å². The minimum atomic E-state index is -0.175. The molecule has 1 saturated heterocycles. The molecule has 1 aliphatic heterocycles. The van der Waals surface area contributed by atoms with Crippen LogP contribution in [0.1, 0.15) is 18.6 Å². The van der Waals surface area contributed by atoms with Crippen molar-refractivity contribution in [1.82, 2.24) is 5.32 Å². The summed E-state index contributed by atoms with van der Waals surface area (Å²) in [7, 11) is 0. The number of hydrogen-bond donors (Lipinski definition) is 1. The van der Waals surface area contributed by atoms with Gasteiger partial charge in [-0.2, -0.15) is 0 Å². The predicted molar refractivity (Wildman–Crippen MR) is 97.3 cm³/mol. The Labute approximate surface area is 149 Å². The number of para-hydroxylation sites is 2. The van der Waals surface area contributed by atoms with Crippen molar-refractivity contribution in [3.05, 3.63) is 60.2 Å². The molecule has 2 aromatic rings. The highest BCUT2D eigenvalue weighted by Crippen LogP contribution is 2.33. The molecule has 1 N–H and O–H groups in total. The Morgan fingerprint density at radius 3 is 2.46 bits per heavy atom. The number of benzene rings is 2. The molecule has 24 heavy (non-hydrogen) atoms. The highest BCUT2D eigenvalue weighted by Gasteiger charge is 2.28. The van der Waals surface area contributed by atoms with E-state index in [1.54, 1.807) is 0 Å². The Morgan fingerprint density at radius 1 is 1.08 bits per heavy atom. The van der Waals surface area contributed by atoms with Crippen molar-refractivity contribution in [3.63, 3.8) is 0 Å². The van der Waals surface area contributed by atoms with Crippen molar-refractivity contribution >= 4 is 12.4 Å². The first-order chi connectivity index (χ1) is 11.4. The summed E-state index contributed by atoms with van der Waals surface area (Å²) in [5.41, 5.74) is 1.10. The van der Waals surface area contributed by atoms with Crippen molar-refractivity contribution in [2.75, 3.05) is 26.3 Å². The molecular formula is C19H24ClNO3. The Kier molecular flexibility index (Phi) is 7.37. The third-order valence-electron chi connectivity index (χ3n) is 3.83. The molecule has 0 aliphatic carbocycles. The Hall–Kier alpha value is -1.75. The molecule has 0 aromatic heterocycles. The van der Waals surface area contributed by atoms with Crippen molar-refractivity contribution in [3.8, 4) is 11.5 Å². The Bertz CT molecular complexity index is 603. The Balaban J connectivity index is 0.00000208. The van der Waals surface area contributed by atoms with Crippen LogP contribution < -0.4 is 14.8 Å². The maximum Gasteiger partial charge on any atom is 0.162 e. The minimum Gasteiger partial charge on any atom is -0.490 e. The lowest BCUT2D eigenvalue weighted by Gasteiger charge is -2.32. The summed E-state index contributed by atoms with van der Waals surface area (Å²) in [4.78, 5) is 0. The maximum atomic E-state index is 6.33. The van der Waals surface area contributed by atoms with Gasteiger partial charge in [0, 0.05) is 13.1 Å². The first-order valence-corrected chi connectivity index (χ1v) is 8.14. The molecule has 2 atom stereocenters. The van der Waals surface area contributed by atoms with Gasteiger partial charge in [0.25, 0.3) is 0 Å². The molecule has 0 radical (unpaired) electrons. The van der Waals surface area contributed by atoms with Crippen LogP contribution in [0.25, 0.3) is 0 Å². The number of nitrogens with one attached hydrogen (secondary N) is 1. The zero-order valence-corrected chi connectivity index (χ0v) is 14.6. The van der Waals surface area contributed by atoms with Gasteiger partial charge < -0.3 is 19.5 Å². The van der Waals surface area contributed by atoms with Crippen molar-refractivity contribution in [1.29, 1.82) is 0 Å². The first kappa shape index (κ1) is 18.6. The molecule has 2 aromatic carbocycles. The molecular weight excluding hydrogens is 326 g/mol. The molecule has 3 rings (SSSR count). The minimum absolute atomic E-state index is 0. The summed E-state index contributed by atoms with van der Waals surface area (Å²) < 4.78 is 18.0. The van der Waals surface area contributed by atoms with E-state index in [-0.39, 0.29) is 24.6 Å². The van der Waals surface area contributed by atoms with Crippen molar-refractivity contribution in [2.45, 2.75) is 19.1 Å². The number of ether oxygens (including phenoxy) is 3. The molecule has 0 saturated carbocycles. The summed E-state index contributed by atoms with van der Waals surface area (Å²) in [6, 6.07) is 18.0. The van der Waals surface area contributed by atoms with Crippen LogP contribution in [0.5, 0.6) is 11.5 Å². The first-order valence-electron chi connectivity index (χ1n) is 8.14. The van der Waals surface area contributed by atoms with E-state index < -0.39 is 0 Å². The molecule has 130 valence electrons. The average Bonchev–Trinajstić information content (AvgIpc) is 2.63. The van der Waals surface area contributed by atoms with E-state index in [1.165, 1.54) is 0 Å². The Morgan fingerprint density at radius 2 is 1.79 bits per heavy atom. The van der Waals surface area contributed by atoms with E-state index in [4.69, 9.17) is 14.2 Å². The van der Waals surface area contributed by atoms with Crippen LogP contribution >= 0.6 is 12.4 Å². The van der Waals surface area contributed by atoms with E-state index in [1.807, 2.05) is 49.4 Å². The number of halogens is 1. The highest BCUT2D eigenvalue weighted by atomic mass is 35.5. The summed E-state index contributed by atoms with van der Waals surface area (Å²) in [5, 5.41) is 3.37. The van der Waals surface area contributed by atoms with Gasteiger partial charge in [-0.25, -0.2) is 0 Å². The van der Waals surface area contributed by atoms with Gasteiger partial charge in [0.15, 0.2) is 17.6 Å². The second kappa shape index (κ2) is 9.52. The number of hydrogen-bond acceptors (Lipinski definition) is 4. The SMILES string of the molecule is CCOc1ccccc1O[C@@H](c1ccccc1)[C@@H]1CNCCO1.Cl. The number of morpholine rings is 1. The molecule has 0 unspecified atom stereocenters. The molecule has 0 spiro atoms. The van der Waals surface area contributed by atoms with Crippen LogP contribution in [0.2, 0.25) is 0 Å². The van der Waals surface area contributed by atoms with E-state index in [0.717, 1.165) is 30.2 Å². The summed E-state index contributed by atoms with van der Waals surface area (Å²) in [6.07, 6.45) is -0.202. The van der Waals surface area contributed by atoms with Crippen LogP contribution in [0.15, 0.2) is 54.6 Å². The van der Waals surface area contributed by atoms with E-state index >= 15 is 0 Å². The van der Waals surface area contributed by atoms with Gasteiger partial charge in [-0.3, -0.25) is 0 Å². The molecule has 5 heteroatoms. The topological polar surface area (TPSA) is 39.7 Å². The molecule has 1 fully saturated rings. The van der Waals surface area contributed by atoms with Gasteiger partial charge in [0.1, 0.15) is 6.10 Å². The van der Waals surface area contributed by atoms with Gasteiger partial charge >= 0.3 is 0 Å². The predicted octanol–water partition coefficient (Wildman–Crippen LogP) is 3.62. The second-order valence-electron chi connectivity index (χ2n) is 5.44. The smallest absolute Gasteiger partial charge is 0.162 e. The fourth-order valence-corrected chi connectivity index (χ4v) is 2.74. The third-order valence-corrected chi connectivity index (χ3v) is 3.83. The molecule has 4 nitrogen and oxygen atoms in total. The van der Waals surface area contributed by atoms with Gasteiger partial charge in [-0.05, 0) is 24.6 Å². The lowest BCUT2D eigenvalue weighted by molar-refractivity contribution is -0.0439. The van der Waals surface area contributed by atoms with Crippen LogP contribution in [0.4, 0.5) is 0 Å².